The van der Waals surface area contributed by atoms with Crippen molar-refractivity contribution >= 4 is 54.9 Å². The second-order valence-corrected chi connectivity index (χ2v) is 13.3. The minimum Gasteiger partial charge on any atom is -0.313 e. The quantitative estimate of drug-likeness (QED) is 0.178. The molecule has 1 aliphatic rings. The average Bonchev–Trinajstić information content (AvgIpc) is 3.71. The highest BCUT2D eigenvalue weighted by Crippen LogP contribution is 2.40. The predicted octanol–water partition coefficient (Wildman–Crippen LogP) is 12.9. The van der Waals surface area contributed by atoms with Gasteiger partial charge in [-0.05, 0) is 101 Å². The SMILES string of the molecule is C1=C(c2ccccc2)CCC(n2c3ccccc3c3cc(-c4ccc5c(c4)c4ccccc4n5-c4ccc(-c5ccccc5)cc4)ccc32)=C1. The molecule has 2 heterocycles. The van der Waals surface area contributed by atoms with E-state index in [4.69, 9.17) is 0 Å². The van der Waals surface area contributed by atoms with E-state index < -0.39 is 0 Å². The lowest BCUT2D eigenvalue weighted by atomic mass is 9.96. The van der Waals surface area contributed by atoms with Gasteiger partial charge in [0.05, 0.1) is 22.1 Å². The molecule has 50 heavy (non-hydrogen) atoms. The number of hydrogen-bond acceptors (Lipinski definition) is 0. The summed E-state index contributed by atoms with van der Waals surface area (Å²) in [7, 11) is 0. The number of fused-ring (bicyclic) bond motifs is 6. The van der Waals surface area contributed by atoms with E-state index in [1.165, 1.54) is 88.4 Å². The monoisotopic (exact) mass is 638 g/mol. The molecule has 2 aromatic heterocycles. The molecule has 0 saturated heterocycles. The van der Waals surface area contributed by atoms with Crippen LogP contribution in [0.2, 0.25) is 0 Å². The largest absolute Gasteiger partial charge is 0.313 e. The summed E-state index contributed by atoms with van der Waals surface area (Å²) < 4.78 is 4.88. The Morgan fingerprint density at radius 3 is 1.40 bits per heavy atom. The second-order valence-electron chi connectivity index (χ2n) is 13.3. The Hall–Kier alpha value is -6.38. The fourth-order valence-electron chi connectivity index (χ4n) is 8.03. The fraction of sp³-hybridized carbons (Fsp3) is 0.0417. The molecule has 9 aromatic rings. The van der Waals surface area contributed by atoms with Crippen molar-refractivity contribution in [2.45, 2.75) is 12.8 Å². The number of aromatic nitrogens is 2. The van der Waals surface area contributed by atoms with E-state index in [1.54, 1.807) is 0 Å². The van der Waals surface area contributed by atoms with Crippen molar-refractivity contribution in [2.75, 3.05) is 0 Å². The topological polar surface area (TPSA) is 9.86 Å². The zero-order chi connectivity index (χ0) is 33.0. The molecule has 0 saturated carbocycles. The highest BCUT2D eigenvalue weighted by Gasteiger charge is 2.18. The first kappa shape index (κ1) is 28.6. The lowest BCUT2D eigenvalue weighted by Gasteiger charge is -2.18. The van der Waals surface area contributed by atoms with Crippen molar-refractivity contribution in [3.05, 3.63) is 188 Å². The molecule has 0 radical (unpaired) electrons. The van der Waals surface area contributed by atoms with E-state index >= 15 is 0 Å². The Morgan fingerprint density at radius 2 is 0.800 bits per heavy atom. The predicted molar refractivity (Wildman–Crippen MR) is 213 cm³/mol. The summed E-state index contributed by atoms with van der Waals surface area (Å²) in [5, 5.41) is 5.11. The molecule has 0 amide bonds. The van der Waals surface area contributed by atoms with E-state index in [2.05, 4.69) is 191 Å². The third-order valence-corrected chi connectivity index (χ3v) is 10.5. The van der Waals surface area contributed by atoms with Gasteiger partial charge in [0.25, 0.3) is 0 Å². The Bertz CT molecular complexity index is 2770. The molecular weight excluding hydrogens is 605 g/mol. The normalized spacial score (nSPS) is 13.3. The number of rotatable bonds is 5. The van der Waals surface area contributed by atoms with Crippen molar-refractivity contribution in [1.82, 2.24) is 9.13 Å². The third-order valence-electron chi connectivity index (χ3n) is 10.5. The number of nitrogens with zero attached hydrogens (tertiary/aromatic N) is 2. The van der Waals surface area contributed by atoms with Crippen molar-refractivity contribution in [3.63, 3.8) is 0 Å². The maximum atomic E-state index is 2.48. The number of benzene rings is 7. The molecule has 0 unspecified atom stereocenters. The van der Waals surface area contributed by atoms with Crippen LogP contribution in [0.25, 0.3) is 82.8 Å². The van der Waals surface area contributed by atoms with Gasteiger partial charge in [-0.15, -0.1) is 0 Å². The van der Waals surface area contributed by atoms with Crippen LogP contribution in [0.4, 0.5) is 0 Å². The molecule has 0 N–H and O–H groups in total. The molecule has 10 rings (SSSR count). The summed E-state index contributed by atoms with van der Waals surface area (Å²) in [5.41, 5.74) is 15.1. The maximum Gasteiger partial charge on any atom is 0.0541 e. The molecule has 236 valence electrons. The van der Waals surface area contributed by atoms with Gasteiger partial charge in [0.15, 0.2) is 0 Å². The summed E-state index contributed by atoms with van der Waals surface area (Å²) in [6, 6.07) is 61.9. The first-order valence-electron chi connectivity index (χ1n) is 17.5. The van der Waals surface area contributed by atoms with Crippen molar-refractivity contribution in [2.24, 2.45) is 0 Å². The third kappa shape index (κ3) is 4.64. The lowest BCUT2D eigenvalue weighted by molar-refractivity contribution is 0.992. The van der Waals surface area contributed by atoms with Gasteiger partial charge < -0.3 is 9.13 Å². The molecule has 1 aliphatic carbocycles. The first-order chi connectivity index (χ1) is 24.8. The smallest absolute Gasteiger partial charge is 0.0541 e. The van der Waals surface area contributed by atoms with Gasteiger partial charge in [0.1, 0.15) is 0 Å². The van der Waals surface area contributed by atoms with Crippen LogP contribution in [0.3, 0.4) is 0 Å². The number of allylic oxidation sites excluding steroid dienone is 4. The van der Waals surface area contributed by atoms with Gasteiger partial charge in [-0.3, -0.25) is 0 Å². The molecule has 0 fully saturated rings. The zero-order valence-corrected chi connectivity index (χ0v) is 27.6. The first-order valence-corrected chi connectivity index (χ1v) is 17.5. The van der Waals surface area contributed by atoms with Gasteiger partial charge in [0.2, 0.25) is 0 Å². The van der Waals surface area contributed by atoms with Gasteiger partial charge >= 0.3 is 0 Å². The molecule has 0 aliphatic heterocycles. The summed E-state index contributed by atoms with van der Waals surface area (Å²) in [4.78, 5) is 0. The Balaban J connectivity index is 1.08. The zero-order valence-electron chi connectivity index (χ0n) is 27.6. The van der Waals surface area contributed by atoms with Gasteiger partial charge in [-0.2, -0.15) is 0 Å². The lowest BCUT2D eigenvalue weighted by Crippen LogP contribution is -2.01. The van der Waals surface area contributed by atoms with E-state index in [-0.39, 0.29) is 0 Å². The molecule has 0 spiro atoms. The van der Waals surface area contributed by atoms with Gasteiger partial charge in [-0.1, -0.05) is 127 Å². The average molecular weight is 639 g/mol. The summed E-state index contributed by atoms with van der Waals surface area (Å²) in [6.45, 7) is 0. The summed E-state index contributed by atoms with van der Waals surface area (Å²) in [5.74, 6) is 0. The van der Waals surface area contributed by atoms with Crippen molar-refractivity contribution < 1.29 is 0 Å². The van der Waals surface area contributed by atoms with Crippen LogP contribution in [0.1, 0.15) is 18.4 Å². The molecule has 2 nitrogen and oxygen atoms in total. The standard InChI is InChI=1S/C48H34N2/c1-3-11-33(12-4-1)35-19-25-39(26-20-35)49-45-17-9-7-15-41(45)43-31-37(23-29-47(43)49)38-24-30-48-44(32-38)42-16-8-10-18-46(42)50(48)40-27-21-36(22-28-40)34-13-5-2-6-14-34/h1-21,23-27,29-32H,22,28H2. The molecule has 0 atom stereocenters. The molecule has 7 aromatic carbocycles. The minimum atomic E-state index is 1.01. The minimum absolute atomic E-state index is 1.01. The van der Waals surface area contributed by atoms with Crippen LogP contribution in [0.5, 0.6) is 0 Å². The summed E-state index contributed by atoms with van der Waals surface area (Å²) in [6.07, 6.45) is 6.68. The van der Waals surface area contributed by atoms with Crippen molar-refractivity contribution in [3.8, 4) is 27.9 Å². The van der Waals surface area contributed by atoms with Gasteiger partial charge in [0, 0.05) is 32.9 Å². The Labute approximate surface area is 291 Å². The Kier molecular flexibility index (Phi) is 6.67. The van der Waals surface area contributed by atoms with Crippen LogP contribution in [-0.2, 0) is 0 Å². The van der Waals surface area contributed by atoms with Crippen LogP contribution >= 0.6 is 0 Å². The van der Waals surface area contributed by atoms with Crippen molar-refractivity contribution in [1.29, 1.82) is 0 Å². The Morgan fingerprint density at radius 1 is 0.320 bits per heavy atom. The molecular formula is C48H34N2. The molecule has 2 heteroatoms. The second kappa shape index (κ2) is 11.6. The van der Waals surface area contributed by atoms with E-state index in [9.17, 15) is 0 Å². The number of hydrogen-bond donors (Lipinski definition) is 0. The maximum absolute atomic E-state index is 2.48. The van der Waals surface area contributed by atoms with E-state index in [1.807, 2.05) is 0 Å². The van der Waals surface area contributed by atoms with Gasteiger partial charge in [-0.25, -0.2) is 0 Å². The van der Waals surface area contributed by atoms with Crippen LogP contribution < -0.4 is 0 Å². The summed E-state index contributed by atoms with van der Waals surface area (Å²) >= 11 is 0. The van der Waals surface area contributed by atoms with E-state index in [0.29, 0.717) is 0 Å². The highest BCUT2D eigenvalue weighted by atomic mass is 15.0. The number of para-hydroxylation sites is 2. The van der Waals surface area contributed by atoms with Crippen LogP contribution in [0, 0.1) is 0 Å². The van der Waals surface area contributed by atoms with Crippen LogP contribution in [-0.4, -0.2) is 9.13 Å². The van der Waals surface area contributed by atoms with E-state index in [0.717, 1.165) is 12.8 Å². The van der Waals surface area contributed by atoms with Crippen LogP contribution in [0.15, 0.2) is 182 Å². The fourth-order valence-corrected chi connectivity index (χ4v) is 8.03. The molecule has 0 bridgehead atoms. The highest BCUT2D eigenvalue weighted by molar-refractivity contribution is 6.13.